The molecule has 1 aromatic carbocycles. The highest BCUT2D eigenvalue weighted by Crippen LogP contribution is 2.14. The molecule has 0 spiro atoms. The summed E-state index contributed by atoms with van der Waals surface area (Å²) in [5.41, 5.74) is 1.16. The summed E-state index contributed by atoms with van der Waals surface area (Å²) in [6, 6.07) is 7.85. The summed E-state index contributed by atoms with van der Waals surface area (Å²) in [5, 5.41) is 20.0. The third-order valence-corrected chi connectivity index (χ3v) is 5.25. The minimum atomic E-state index is -0.623. The van der Waals surface area contributed by atoms with Crippen LogP contribution in [0.5, 0.6) is 5.75 Å². The van der Waals surface area contributed by atoms with E-state index in [2.05, 4.69) is 0 Å². The van der Waals surface area contributed by atoms with Crippen molar-refractivity contribution >= 4 is 5.91 Å². The first-order valence-electron chi connectivity index (χ1n) is 10.9. The second-order valence-electron chi connectivity index (χ2n) is 7.66. The van der Waals surface area contributed by atoms with Crippen molar-refractivity contribution in [3.05, 3.63) is 66.3 Å². The van der Waals surface area contributed by atoms with Crippen LogP contribution in [0.3, 0.4) is 0 Å². The third kappa shape index (κ3) is 9.42. The third-order valence-electron chi connectivity index (χ3n) is 5.25. The number of ether oxygens (including phenoxy) is 1. The molecule has 1 heterocycles. The van der Waals surface area contributed by atoms with Gasteiger partial charge in [-0.05, 0) is 56.2 Å². The number of hydrogen-bond donors (Lipinski definition) is 2. The first kappa shape index (κ1) is 23.9. The number of benzene rings is 1. The topological polar surface area (TPSA) is 70.0 Å². The lowest BCUT2D eigenvalue weighted by molar-refractivity contribution is -0.132. The number of aryl methyl sites for hydroxylation is 1. The van der Waals surface area contributed by atoms with E-state index in [4.69, 9.17) is 4.74 Å². The molecule has 2 atom stereocenters. The molecule has 1 amide bonds. The number of amides is 1. The first-order valence-corrected chi connectivity index (χ1v) is 10.9. The van der Waals surface area contributed by atoms with Crippen LogP contribution >= 0.6 is 0 Å². The number of carbonyl (C=O) groups excluding carboxylic acids is 1. The lowest BCUT2D eigenvalue weighted by Gasteiger charge is -2.26. The number of carbonyl (C=O) groups is 1. The van der Waals surface area contributed by atoms with Gasteiger partial charge in [0.15, 0.2) is 0 Å². The van der Waals surface area contributed by atoms with Crippen LogP contribution in [0.1, 0.15) is 44.1 Å². The maximum Gasteiger partial charge on any atom is 0.222 e. The average Bonchev–Trinajstić information content (AvgIpc) is 2.79. The molecule has 1 aliphatic heterocycles. The van der Waals surface area contributed by atoms with Gasteiger partial charge in [0.25, 0.3) is 0 Å². The smallest absolute Gasteiger partial charge is 0.222 e. The molecule has 1 saturated heterocycles. The van der Waals surface area contributed by atoms with E-state index in [1.54, 1.807) is 31.4 Å². The summed E-state index contributed by atoms with van der Waals surface area (Å²) in [7, 11) is 1.64. The van der Waals surface area contributed by atoms with Crippen molar-refractivity contribution in [1.29, 1.82) is 0 Å². The van der Waals surface area contributed by atoms with Crippen LogP contribution in [0.4, 0.5) is 0 Å². The van der Waals surface area contributed by atoms with Gasteiger partial charge in [-0.25, -0.2) is 0 Å². The Bertz CT molecular complexity index is 702. The number of methoxy groups -OCH3 is 1. The molecule has 164 valence electrons. The molecule has 2 N–H and O–H groups in total. The zero-order valence-corrected chi connectivity index (χ0v) is 18.0. The minimum Gasteiger partial charge on any atom is -0.497 e. The monoisotopic (exact) mass is 413 g/mol. The van der Waals surface area contributed by atoms with Gasteiger partial charge < -0.3 is 19.8 Å². The SMILES string of the molecule is COc1ccc(CCC(O)C=CC=CC=CC(O)CCC(=O)N2CCCCC2)cc1. The molecular formula is C25H35NO4. The van der Waals surface area contributed by atoms with Gasteiger partial charge >= 0.3 is 0 Å². The van der Waals surface area contributed by atoms with Crippen LogP contribution in [0, 0.1) is 0 Å². The molecule has 1 aliphatic rings. The first-order chi connectivity index (χ1) is 14.6. The molecule has 0 aromatic heterocycles. The Morgan fingerprint density at radius 3 is 2.17 bits per heavy atom. The summed E-state index contributed by atoms with van der Waals surface area (Å²) in [6.07, 6.45) is 15.2. The fourth-order valence-corrected chi connectivity index (χ4v) is 3.39. The summed E-state index contributed by atoms with van der Waals surface area (Å²) in [4.78, 5) is 14.0. The number of rotatable bonds is 11. The van der Waals surface area contributed by atoms with Crippen molar-refractivity contribution in [1.82, 2.24) is 4.90 Å². The zero-order valence-electron chi connectivity index (χ0n) is 18.0. The summed E-state index contributed by atoms with van der Waals surface area (Å²) in [6.45, 7) is 1.71. The largest absolute Gasteiger partial charge is 0.497 e. The quantitative estimate of drug-likeness (QED) is 0.541. The maximum absolute atomic E-state index is 12.1. The number of piperidine rings is 1. The molecule has 0 aliphatic carbocycles. The number of aliphatic hydroxyl groups excluding tert-OH is 2. The van der Waals surface area contributed by atoms with E-state index in [9.17, 15) is 15.0 Å². The van der Waals surface area contributed by atoms with E-state index in [0.29, 0.717) is 19.3 Å². The lowest BCUT2D eigenvalue weighted by Crippen LogP contribution is -2.35. The average molecular weight is 414 g/mol. The van der Waals surface area contributed by atoms with Crippen molar-refractivity contribution in [2.24, 2.45) is 0 Å². The van der Waals surface area contributed by atoms with Gasteiger partial charge in [-0.3, -0.25) is 4.79 Å². The Labute approximate surface area is 180 Å². The molecule has 2 unspecified atom stereocenters. The Morgan fingerprint density at radius 2 is 1.57 bits per heavy atom. The molecular weight excluding hydrogens is 378 g/mol. The molecule has 0 saturated carbocycles. The fourth-order valence-electron chi connectivity index (χ4n) is 3.39. The fraction of sp³-hybridized carbons (Fsp3) is 0.480. The van der Waals surface area contributed by atoms with Crippen molar-refractivity contribution in [2.75, 3.05) is 20.2 Å². The number of aliphatic hydroxyl groups is 2. The molecule has 1 fully saturated rings. The molecule has 1 aromatic rings. The predicted octanol–water partition coefficient (Wildman–Crippen LogP) is 3.81. The number of nitrogens with zero attached hydrogens (tertiary/aromatic N) is 1. The van der Waals surface area contributed by atoms with Crippen LogP contribution in [-0.4, -0.2) is 53.4 Å². The molecule has 30 heavy (non-hydrogen) atoms. The van der Waals surface area contributed by atoms with E-state index >= 15 is 0 Å². The Hall–Kier alpha value is -2.37. The van der Waals surface area contributed by atoms with Gasteiger partial charge in [0.1, 0.15) is 5.75 Å². The highest BCUT2D eigenvalue weighted by molar-refractivity contribution is 5.76. The van der Waals surface area contributed by atoms with E-state index < -0.39 is 12.2 Å². The number of likely N-dealkylation sites (tertiary alicyclic amines) is 1. The van der Waals surface area contributed by atoms with Gasteiger partial charge in [-0.1, -0.05) is 48.6 Å². The summed E-state index contributed by atoms with van der Waals surface area (Å²) >= 11 is 0. The van der Waals surface area contributed by atoms with Gasteiger partial charge in [0, 0.05) is 19.5 Å². The van der Waals surface area contributed by atoms with Crippen molar-refractivity contribution in [3.8, 4) is 5.75 Å². The Balaban J connectivity index is 1.60. The Kier molecular flexibility index (Phi) is 11.0. The highest BCUT2D eigenvalue weighted by atomic mass is 16.5. The van der Waals surface area contributed by atoms with E-state index in [0.717, 1.165) is 43.7 Å². The van der Waals surface area contributed by atoms with Crippen LogP contribution in [0.2, 0.25) is 0 Å². The standard InChI is InChI=1S/C25H35NO4/c1-30-24-16-12-21(13-17-24)11-14-22(27)9-5-2-3-6-10-23(28)15-18-25(29)26-19-7-4-8-20-26/h2-3,5-6,9-10,12-13,16-17,22-23,27-28H,4,7-8,11,14-15,18-20H2,1H3. The molecule has 0 radical (unpaired) electrons. The number of hydrogen-bond acceptors (Lipinski definition) is 4. The van der Waals surface area contributed by atoms with Crippen LogP contribution in [0.15, 0.2) is 60.7 Å². The van der Waals surface area contributed by atoms with Gasteiger partial charge in [-0.2, -0.15) is 0 Å². The van der Waals surface area contributed by atoms with Crippen LogP contribution in [-0.2, 0) is 11.2 Å². The molecule has 2 rings (SSSR count). The Morgan fingerprint density at radius 1 is 0.967 bits per heavy atom. The zero-order chi connectivity index (χ0) is 21.6. The summed E-state index contributed by atoms with van der Waals surface area (Å²) in [5.74, 6) is 0.973. The van der Waals surface area contributed by atoms with E-state index in [1.807, 2.05) is 41.3 Å². The minimum absolute atomic E-state index is 0.143. The highest BCUT2D eigenvalue weighted by Gasteiger charge is 2.16. The van der Waals surface area contributed by atoms with Gasteiger partial charge in [0.05, 0.1) is 19.3 Å². The van der Waals surface area contributed by atoms with Crippen molar-refractivity contribution in [3.63, 3.8) is 0 Å². The second-order valence-corrected chi connectivity index (χ2v) is 7.66. The summed E-state index contributed by atoms with van der Waals surface area (Å²) < 4.78 is 5.14. The molecule has 5 nitrogen and oxygen atoms in total. The van der Waals surface area contributed by atoms with Crippen molar-refractivity contribution in [2.45, 2.75) is 57.2 Å². The van der Waals surface area contributed by atoms with Crippen LogP contribution < -0.4 is 4.74 Å². The van der Waals surface area contributed by atoms with Crippen LogP contribution in [0.25, 0.3) is 0 Å². The maximum atomic E-state index is 12.1. The predicted molar refractivity (Wildman–Crippen MR) is 120 cm³/mol. The van der Waals surface area contributed by atoms with E-state index in [1.165, 1.54) is 6.42 Å². The second kappa shape index (κ2) is 13.8. The molecule has 0 bridgehead atoms. The molecule has 5 heteroatoms. The number of allylic oxidation sites excluding steroid dienone is 4. The normalized spacial score (nSPS) is 17.1. The van der Waals surface area contributed by atoms with E-state index in [-0.39, 0.29) is 5.91 Å². The lowest BCUT2D eigenvalue weighted by atomic mass is 10.1. The van der Waals surface area contributed by atoms with Gasteiger partial charge in [-0.15, -0.1) is 0 Å². The van der Waals surface area contributed by atoms with Crippen molar-refractivity contribution < 1.29 is 19.7 Å². The van der Waals surface area contributed by atoms with Gasteiger partial charge in [0.2, 0.25) is 5.91 Å².